The Hall–Kier alpha value is -1.09. The van der Waals surface area contributed by atoms with Crippen molar-refractivity contribution in [3.8, 4) is 5.75 Å². The zero-order valence-corrected chi connectivity index (χ0v) is 12.8. The van der Waals surface area contributed by atoms with Gasteiger partial charge in [-0.25, -0.2) is 4.39 Å². The molecule has 0 spiro atoms. The number of nitrogens with two attached hydrogens (primary N) is 1. The van der Waals surface area contributed by atoms with Crippen LogP contribution in [0.3, 0.4) is 0 Å². The average molecular weight is 279 g/mol. The third kappa shape index (κ3) is 2.83. The fraction of sp³-hybridized carbons (Fsp3) is 0.647. The number of alkyl halides is 1. The molecule has 1 aliphatic rings. The van der Waals surface area contributed by atoms with Gasteiger partial charge in [0, 0.05) is 17.5 Å². The van der Waals surface area contributed by atoms with Crippen LogP contribution in [-0.4, -0.2) is 13.7 Å². The third-order valence-corrected chi connectivity index (χ3v) is 4.66. The van der Waals surface area contributed by atoms with Crippen molar-refractivity contribution in [2.45, 2.75) is 57.0 Å². The third-order valence-electron chi connectivity index (χ3n) is 4.66. The zero-order valence-electron chi connectivity index (χ0n) is 12.8. The number of hydrogen-bond donors (Lipinski definition) is 1. The Bertz CT molecular complexity index is 459. The van der Waals surface area contributed by atoms with E-state index in [1.165, 1.54) is 19.3 Å². The van der Waals surface area contributed by atoms with Gasteiger partial charge in [-0.3, -0.25) is 0 Å². The number of ether oxygens (including phenoxy) is 1. The molecular formula is C17H26FNO. The highest BCUT2D eigenvalue weighted by atomic mass is 19.1. The molecule has 1 aliphatic carbocycles. The van der Waals surface area contributed by atoms with Gasteiger partial charge >= 0.3 is 0 Å². The maximum Gasteiger partial charge on any atom is 0.130 e. The fourth-order valence-corrected chi connectivity index (χ4v) is 3.30. The van der Waals surface area contributed by atoms with Gasteiger partial charge in [0.2, 0.25) is 0 Å². The van der Waals surface area contributed by atoms with Crippen molar-refractivity contribution < 1.29 is 9.13 Å². The molecule has 112 valence electrons. The summed E-state index contributed by atoms with van der Waals surface area (Å²) in [7, 11) is 1.67. The fourth-order valence-electron chi connectivity index (χ4n) is 3.30. The minimum absolute atomic E-state index is 0.0507. The second-order valence-corrected chi connectivity index (χ2v) is 6.43. The second-order valence-electron chi connectivity index (χ2n) is 6.43. The van der Waals surface area contributed by atoms with Crippen LogP contribution in [0.15, 0.2) is 18.2 Å². The summed E-state index contributed by atoms with van der Waals surface area (Å²) in [4.78, 5) is 0. The van der Waals surface area contributed by atoms with Gasteiger partial charge < -0.3 is 10.5 Å². The molecule has 2 nitrogen and oxygen atoms in total. The molecule has 2 N–H and O–H groups in total. The van der Waals surface area contributed by atoms with Crippen molar-refractivity contribution in [2.24, 2.45) is 5.73 Å². The minimum atomic E-state index is -1.34. The number of halogens is 1. The maximum absolute atomic E-state index is 14.3. The van der Waals surface area contributed by atoms with E-state index in [1.54, 1.807) is 21.0 Å². The summed E-state index contributed by atoms with van der Waals surface area (Å²) in [5.74, 6) is 0.838. The Morgan fingerprint density at radius 3 is 2.40 bits per heavy atom. The lowest BCUT2D eigenvalue weighted by atomic mass is 9.68. The van der Waals surface area contributed by atoms with Crippen molar-refractivity contribution in [3.63, 3.8) is 0 Å². The first-order valence-electron chi connectivity index (χ1n) is 7.51. The van der Waals surface area contributed by atoms with Gasteiger partial charge in [0.05, 0.1) is 7.11 Å². The lowest BCUT2D eigenvalue weighted by Gasteiger charge is -2.38. The first kappa shape index (κ1) is 15.3. The van der Waals surface area contributed by atoms with Gasteiger partial charge in [0.25, 0.3) is 0 Å². The average Bonchev–Trinajstić information content (AvgIpc) is 2.46. The topological polar surface area (TPSA) is 35.2 Å². The van der Waals surface area contributed by atoms with Crippen LogP contribution in [0.25, 0.3) is 0 Å². The standard InChI is InChI=1S/C17H26FNO/c1-16(2,18)13-7-8-15(20-3)14(11-13)17(12-19)9-5-4-6-10-17/h7-8,11H,4-6,9-10,12,19H2,1-3H3. The summed E-state index contributed by atoms with van der Waals surface area (Å²) in [5, 5.41) is 0. The van der Waals surface area contributed by atoms with Crippen molar-refractivity contribution in [3.05, 3.63) is 29.3 Å². The largest absolute Gasteiger partial charge is 0.496 e. The highest BCUT2D eigenvalue weighted by Gasteiger charge is 2.36. The Morgan fingerprint density at radius 2 is 1.90 bits per heavy atom. The van der Waals surface area contributed by atoms with Crippen LogP contribution >= 0.6 is 0 Å². The zero-order chi connectivity index (χ0) is 14.8. The Balaban J connectivity index is 2.51. The monoisotopic (exact) mass is 279 g/mol. The van der Waals surface area contributed by atoms with Crippen molar-refractivity contribution in [2.75, 3.05) is 13.7 Å². The Kier molecular flexibility index (Phi) is 4.38. The quantitative estimate of drug-likeness (QED) is 0.902. The van der Waals surface area contributed by atoms with Crippen LogP contribution < -0.4 is 10.5 Å². The van der Waals surface area contributed by atoms with E-state index in [1.807, 2.05) is 18.2 Å². The lowest BCUT2D eigenvalue weighted by molar-refractivity contribution is 0.220. The number of hydrogen-bond acceptors (Lipinski definition) is 2. The summed E-state index contributed by atoms with van der Waals surface area (Å²) in [6.07, 6.45) is 5.76. The van der Waals surface area contributed by atoms with Gasteiger partial charge in [-0.15, -0.1) is 0 Å². The Morgan fingerprint density at radius 1 is 1.25 bits per heavy atom. The molecule has 0 unspecified atom stereocenters. The molecular weight excluding hydrogens is 253 g/mol. The minimum Gasteiger partial charge on any atom is -0.496 e. The molecule has 0 aromatic heterocycles. The molecule has 0 saturated heterocycles. The maximum atomic E-state index is 14.3. The first-order chi connectivity index (χ1) is 9.43. The van der Waals surface area contributed by atoms with E-state index in [0.717, 1.165) is 24.2 Å². The molecule has 0 bridgehead atoms. The number of rotatable bonds is 4. The van der Waals surface area contributed by atoms with Crippen LogP contribution in [0, 0.1) is 0 Å². The summed E-state index contributed by atoms with van der Waals surface area (Å²) in [5.41, 5.74) is 6.50. The summed E-state index contributed by atoms with van der Waals surface area (Å²) < 4.78 is 19.8. The van der Waals surface area contributed by atoms with Crippen molar-refractivity contribution >= 4 is 0 Å². The van der Waals surface area contributed by atoms with Crippen LogP contribution in [-0.2, 0) is 11.1 Å². The van der Waals surface area contributed by atoms with Gasteiger partial charge in [-0.05, 0) is 44.4 Å². The van der Waals surface area contributed by atoms with Gasteiger partial charge in [-0.1, -0.05) is 25.3 Å². The van der Waals surface area contributed by atoms with E-state index in [-0.39, 0.29) is 5.41 Å². The molecule has 0 amide bonds. The van der Waals surface area contributed by atoms with E-state index >= 15 is 0 Å². The molecule has 1 fully saturated rings. The molecule has 3 heteroatoms. The van der Waals surface area contributed by atoms with Crippen molar-refractivity contribution in [1.29, 1.82) is 0 Å². The van der Waals surface area contributed by atoms with Crippen LogP contribution in [0.2, 0.25) is 0 Å². The highest BCUT2D eigenvalue weighted by molar-refractivity contribution is 5.44. The Labute approximate surface area is 121 Å². The first-order valence-corrected chi connectivity index (χ1v) is 7.51. The van der Waals surface area contributed by atoms with E-state index in [2.05, 4.69) is 0 Å². The van der Waals surface area contributed by atoms with Gasteiger partial charge in [0.1, 0.15) is 11.4 Å². The molecule has 2 rings (SSSR count). The predicted molar refractivity (Wildman–Crippen MR) is 80.9 cm³/mol. The molecule has 0 radical (unpaired) electrons. The van der Waals surface area contributed by atoms with E-state index < -0.39 is 5.67 Å². The van der Waals surface area contributed by atoms with E-state index in [9.17, 15) is 4.39 Å². The number of benzene rings is 1. The smallest absolute Gasteiger partial charge is 0.130 e. The molecule has 1 aromatic rings. The van der Waals surface area contributed by atoms with E-state index in [4.69, 9.17) is 10.5 Å². The molecule has 1 saturated carbocycles. The van der Waals surface area contributed by atoms with Crippen molar-refractivity contribution in [1.82, 2.24) is 0 Å². The molecule has 1 aromatic carbocycles. The van der Waals surface area contributed by atoms with Gasteiger partial charge in [0.15, 0.2) is 0 Å². The highest BCUT2D eigenvalue weighted by Crippen LogP contribution is 2.44. The SMILES string of the molecule is COc1ccc(C(C)(C)F)cc1C1(CN)CCCCC1. The predicted octanol–water partition coefficient (Wildman–Crippen LogP) is 4.06. The van der Waals surface area contributed by atoms with Crippen LogP contribution in [0.5, 0.6) is 5.75 Å². The van der Waals surface area contributed by atoms with Crippen LogP contribution in [0.4, 0.5) is 4.39 Å². The summed E-state index contributed by atoms with van der Waals surface area (Å²) in [6.45, 7) is 3.78. The molecule has 0 aliphatic heterocycles. The summed E-state index contributed by atoms with van der Waals surface area (Å²) >= 11 is 0. The number of methoxy groups -OCH3 is 1. The molecule has 20 heavy (non-hydrogen) atoms. The molecule has 0 heterocycles. The second kappa shape index (κ2) is 5.72. The summed E-state index contributed by atoms with van der Waals surface area (Å²) in [6, 6.07) is 5.67. The lowest BCUT2D eigenvalue weighted by Crippen LogP contribution is -2.37. The molecule has 0 atom stereocenters. The van der Waals surface area contributed by atoms with Gasteiger partial charge in [-0.2, -0.15) is 0 Å². The normalized spacial score (nSPS) is 18.9. The van der Waals surface area contributed by atoms with E-state index in [0.29, 0.717) is 12.1 Å². The van der Waals surface area contributed by atoms with Crippen LogP contribution in [0.1, 0.15) is 57.1 Å².